The highest BCUT2D eigenvalue weighted by molar-refractivity contribution is 5.74. The van der Waals surface area contributed by atoms with Gasteiger partial charge in [0, 0.05) is 6.54 Å². The number of methoxy groups -OCH3 is 1. The fourth-order valence-corrected chi connectivity index (χ4v) is 2.43. The van der Waals surface area contributed by atoms with Crippen LogP contribution in [0.5, 0.6) is 5.75 Å². The third kappa shape index (κ3) is 5.68. The second-order valence-electron chi connectivity index (χ2n) is 5.84. The molecule has 0 bridgehead atoms. The van der Waals surface area contributed by atoms with Crippen molar-refractivity contribution in [3.8, 4) is 5.75 Å². The smallest absolute Gasteiger partial charge is 0.416 e. The van der Waals surface area contributed by atoms with E-state index >= 15 is 0 Å². The van der Waals surface area contributed by atoms with E-state index in [1.807, 2.05) is 24.3 Å². The summed E-state index contributed by atoms with van der Waals surface area (Å²) >= 11 is 0. The van der Waals surface area contributed by atoms with Gasteiger partial charge in [-0.25, -0.2) is 4.79 Å². The minimum Gasteiger partial charge on any atom is -0.497 e. The monoisotopic (exact) mass is 366 g/mol. The van der Waals surface area contributed by atoms with Crippen LogP contribution in [0.2, 0.25) is 0 Å². The van der Waals surface area contributed by atoms with E-state index in [0.717, 1.165) is 23.4 Å². The van der Waals surface area contributed by atoms with Crippen molar-refractivity contribution in [2.24, 2.45) is 0 Å². The first-order chi connectivity index (χ1) is 12.3. The molecular weight excluding hydrogens is 345 g/mol. The molecule has 0 heterocycles. The van der Waals surface area contributed by atoms with Gasteiger partial charge in [-0.05, 0) is 48.7 Å². The number of benzene rings is 2. The van der Waals surface area contributed by atoms with Crippen LogP contribution in [0.15, 0.2) is 48.5 Å². The fraction of sp³-hybridized carbons (Fsp3) is 0.316. The van der Waals surface area contributed by atoms with Gasteiger partial charge in [0.05, 0.1) is 18.7 Å². The van der Waals surface area contributed by atoms with Crippen molar-refractivity contribution in [2.45, 2.75) is 25.6 Å². The first-order valence-corrected chi connectivity index (χ1v) is 8.14. The van der Waals surface area contributed by atoms with Crippen LogP contribution in [0, 0.1) is 0 Å². The van der Waals surface area contributed by atoms with E-state index < -0.39 is 23.8 Å². The van der Waals surface area contributed by atoms with E-state index in [-0.39, 0.29) is 0 Å². The summed E-state index contributed by atoms with van der Waals surface area (Å²) < 4.78 is 43.4. The predicted octanol–water partition coefficient (Wildman–Crippen LogP) is 4.32. The Morgan fingerprint density at radius 2 is 1.85 bits per heavy atom. The molecule has 7 heteroatoms. The molecule has 1 atom stereocenters. The predicted molar refractivity (Wildman–Crippen MR) is 93.1 cm³/mol. The van der Waals surface area contributed by atoms with Gasteiger partial charge < -0.3 is 15.4 Å². The molecule has 2 aromatic rings. The van der Waals surface area contributed by atoms with Crippen LogP contribution in [0.3, 0.4) is 0 Å². The van der Waals surface area contributed by atoms with Gasteiger partial charge in [0.1, 0.15) is 5.75 Å². The molecule has 2 N–H and O–H groups in total. The molecule has 0 spiro atoms. The lowest BCUT2D eigenvalue weighted by Gasteiger charge is -2.16. The Balaban J connectivity index is 1.83. The maximum absolute atomic E-state index is 12.8. The van der Waals surface area contributed by atoms with Crippen molar-refractivity contribution in [2.75, 3.05) is 13.7 Å². The average molecular weight is 366 g/mol. The zero-order chi connectivity index (χ0) is 19.2. The van der Waals surface area contributed by atoms with E-state index in [2.05, 4.69) is 10.6 Å². The molecule has 1 unspecified atom stereocenters. The van der Waals surface area contributed by atoms with E-state index in [1.54, 1.807) is 20.1 Å². The summed E-state index contributed by atoms with van der Waals surface area (Å²) in [5.41, 5.74) is 0.700. The molecule has 0 fully saturated rings. The zero-order valence-electron chi connectivity index (χ0n) is 14.6. The number of ether oxygens (including phenoxy) is 1. The highest BCUT2D eigenvalue weighted by atomic mass is 19.4. The number of urea groups is 1. The van der Waals surface area contributed by atoms with Crippen LogP contribution in [0.4, 0.5) is 18.0 Å². The van der Waals surface area contributed by atoms with Crippen LogP contribution < -0.4 is 15.4 Å². The van der Waals surface area contributed by atoms with Gasteiger partial charge in [-0.3, -0.25) is 0 Å². The Labute approximate surface area is 150 Å². The molecule has 0 saturated heterocycles. The normalized spacial score (nSPS) is 12.3. The summed E-state index contributed by atoms with van der Waals surface area (Å²) in [6, 6.07) is 11.5. The SMILES string of the molecule is COc1ccc(CCNC(=O)NC(C)c2cccc(C(F)(F)F)c2)cc1. The largest absolute Gasteiger partial charge is 0.497 e. The number of carbonyl (C=O) groups excluding carboxylic acids is 1. The van der Waals surface area contributed by atoms with Gasteiger partial charge in [0.25, 0.3) is 0 Å². The van der Waals surface area contributed by atoms with E-state index in [9.17, 15) is 18.0 Å². The van der Waals surface area contributed by atoms with Crippen LogP contribution in [0.1, 0.15) is 29.7 Å². The molecule has 0 aliphatic rings. The molecule has 0 aliphatic carbocycles. The third-order valence-corrected chi connectivity index (χ3v) is 3.92. The lowest BCUT2D eigenvalue weighted by molar-refractivity contribution is -0.137. The quantitative estimate of drug-likeness (QED) is 0.800. The first-order valence-electron chi connectivity index (χ1n) is 8.14. The molecule has 0 aliphatic heterocycles. The number of halogens is 3. The van der Waals surface area contributed by atoms with Gasteiger partial charge in [-0.1, -0.05) is 24.3 Å². The lowest BCUT2D eigenvalue weighted by Crippen LogP contribution is -2.38. The molecular formula is C19H21F3N2O2. The number of alkyl halides is 3. The van der Waals surface area contributed by atoms with Gasteiger partial charge in [0.2, 0.25) is 0 Å². The Bertz CT molecular complexity index is 730. The molecule has 26 heavy (non-hydrogen) atoms. The standard InChI is InChI=1S/C19H21F3N2O2/c1-13(15-4-3-5-16(12-15)19(20,21)22)24-18(25)23-11-10-14-6-8-17(26-2)9-7-14/h3-9,12-13H,10-11H2,1-2H3,(H2,23,24,25). The van der Waals surface area contributed by atoms with Crippen molar-refractivity contribution < 1.29 is 22.7 Å². The Kier molecular flexibility index (Phi) is 6.49. The molecule has 0 aromatic heterocycles. The van der Waals surface area contributed by atoms with Crippen molar-refractivity contribution in [1.29, 1.82) is 0 Å². The molecule has 4 nitrogen and oxygen atoms in total. The summed E-state index contributed by atoms with van der Waals surface area (Å²) in [6.07, 6.45) is -3.77. The molecule has 2 aromatic carbocycles. The molecule has 140 valence electrons. The minimum absolute atomic E-state index is 0.394. The first kappa shape index (κ1) is 19.6. The number of hydrogen-bond acceptors (Lipinski definition) is 2. The Morgan fingerprint density at radius 1 is 1.15 bits per heavy atom. The summed E-state index contributed by atoms with van der Waals surface area (Å²) in [5, 5.41) is 5.34. The number of hydrogen-bond donors (Lipinski definition) is 2. The summed E-state index contributed by atoms with van der Waals surface area (Å²) in [4.78, 5) is 11.9. The van der Waals surface area contributed by atoms with Crippen molar-refractivity contribution >= 4 is 6.03 Å². The van der Waals surface area contributed by atoms with Crippen molar-refractivity contribution in [3.05, 3.63) is 65.2 Å². The maximum atomic E-state index is 12.8. The van der Waals surface area contributed by atoms with Crippen molar-refractivity contribution in [1.82, 2.24) is 10.6 Å². The van der Waals surface area contributed by atoms with Crippen LogP contribution in [-0.2, 0) is 12.6 Å². The highest BCUT2D eigenvalue weighted by Crippen LogP contribution is 2.30. The van der Waals surface area contributed by atoms with Gasteiger partial charge in [-0.2, -0.15) is 13.2 Å². The maximum Gasteiger partial charge on any atom is 0.416 e. The number of rotatable bonds is 6. The zero-order valence-corrected chi connectivity index (χ0v) is 14.6. The number of carbonyl (C=O) groups is 1. The van der Waals surface area contributed by atoms with Crippen LogP contribution >= 0.6 is 0 Å². The molecule has 0 radical (unpaired) electrons. The van der Waals surface area contributed by atoms with Crippen molar-refractivity contribution in [3.63, 3.8) is 0 Å². The number of amides is 2. The topological polar surface area (TPSA) is 50.4 Å². The average Bonchev–Trinajstić information content (AvgIpc) is 2.61. The molecule has 2 rings (SSSR count). The highest BCUT2D eigenvalue weighted by Gasteiger charge is 2.30. The second kappa shape index (κ2) is 8.60. The van der Waals surface area contributed by atoms with E-state index in [1.165, 1.54) is 6.07 Å². The Hall–Kier alpha value is -2.70. The third-order valence-electron chi connectivity index (χ3n) is 3.92. The summed E-state index contributed by atoms with van der Waals surface area (Å²) in [7, 11) is 1.59. The minimum atomic E-state index is -4.41. The number of nitrogens with one attached hydrogen (secondary N) is 2. The van der Waals surface area contributed by atoms with Crippen LogP contribution in [0.25, 0.3) is 0 Å². The summed E-state index contributed by atoms with van der Waals surface area (Å²) in [6.45, 7) is 2.05. The lowest BCUT2D eigenvalue weighted by atomic mass is 10.1. The molecule has 2 amide bonds. The van der Waals surface area contributed by atoms with Gasteiger partial charge in [-0.15, -0.1) is 0 Å². The van der Waals surface area contributed by atoms with E-state index in [0.29, 0.717) is 18.5 Å². The molecule has 0 saturated carbocycles. The van der Waals surface area contributed by atoms with Gasteiger partial charge >= 0.3 is 12.2 Å². The Morgan fingerprint density at radius 3 is 2.46 bits per heavy atom. The fourth-order valence-electron chi connectivity index (χ4n) is 2.43. The van der Waals surface area contributed by atoms with E-state index in [4.69, 9.17) is 4.74 Å². The second-order valence-corrected chi connectivity index (χ2v) is 5.84. The van der Waals surface area contributed by atoms with Crippen LogP contribution in [-0.4, -0.2) is 19.7 Å². The van der Waals surface area contributed by atoms with Gasteiger partial charge in [0.15, 0.2) is 0 Å². The summed E-state index contributed by atoms with van der Waals surface area (Å²) in [5.74, 6) is 0.759.